The van der Waals surface area contributed by atoms with Crippen molar-refractivity contribution >= 4 is 0 Å². The monoisotopic (exact) mass is 337 g/mol. The summed E-state index contributed by atoms with van der Waals surface area (Å²) in [5.74, 6) is 0. The van der Waals surface area contributed by atoms with E-state index in [1.165, 1.54) is 0 Å². The molecule has 0 spiro atoms. The molecule has 0 radical (unpaired) electrons. The highest BCUT2D eigenvalue weighted by Crippen LogP contribution is 2.37. The van der Waals surface area contributed by atoms with E-state index in [1.807, 2.05) is 0 Å². The van der Waals surface area contributed by atoms with Crippen molar-refractivity contribution in [1.82, 2.24) is 5.32 Å². The summed E-state index contributed by atoms with van der Waals surface area (Å²) >= 11 is 0. The highest BCUT2D eigenvalue weighted by Gasteiger charge is 2.57. The predicted octanol–water partition coefficient (Wildman–Crippen LogP) is -4.65. The van der Waals surface area contributed by atoms with Crippen LogP contribution in [0.3, 0.4) is 0 Å². The van der Waals surface area contributed by atoms with E-state index in [1.54, 1.807) is 0 Å². The van der Waals surface area contributed by atoms with Gasteiger partial charge in [0.05, 0.1) is 6.61 Å². The number of aliphatic hydroxyl groups excluding tert-OH is 6. The summed E-state index contributed by atoms with van der Waals surface area (Å²) in [5, 5.41) is 71.7. The molecule has 10 atom stereocenters. The van der Waals surface area contributed by atoms with Crippen molar-refractivity contribution in [3.8, 4) is 0 Å². The fourth-order valence-corrected chi connectivity index (χ4v) is 3.53. The molecule has 3 saturated heterocycles. The molecule has 3 heterocycles. The maximum Gasteiger partial charge on any atom is 0.187 e. The fraction of sp³-hybridized carbons (Fsp3) is 1.00. The molecule has 0 aliphatic carbocycles. The van der Waals surface area contributed by atoms with Crippen molar-refractivity contribution in [1.29, 1.82) is 0 Å². The van der Waals surface area contributed by atoms with Crippen LogP contribution < -0.4 is 5.32 Å². The Hall–Kier alpha value is -0.400. The summed E-state index contributed by atoms with van der Waals surface area (Å²) < 4.78 is 10.7. The standard InChI is InChI=1S/C13H23NO9/c15-3-5-6(16)7(17)8(18)12(22-5)23-10-4-1-2-13(21,14-4)11(20)9(10)19/h4-12,14-21H,1-3H2/t4-,5-,6+,7+,8-,9-,10+,11+,12+,13-/m1/s1. The Morgan fingerprint density at radius 1 is 1.04 bits per heavy atom. The van der Waals surface area contributed by atoms with Gasteiger partial charge in [0.25, 0.3) is 0 Å². The largest absolute Gasteiger partial charge is 0.394 e. The van der Waals surface area contributed by atoms with Crippen molar-refractivity contribution in [2.24, 2.45) is 0 Å². The number of rotatable bonds is 3. The number of fused-ring (bicyclic) bond motifs is 2. The SMILES string of the molecule is OC[C@H]1O[C@@H](O[C@@H]2[C@@H](O)[C@H](O)[C@]3(O)CC[C@H]2N3)[C@H](O)[C@@H](O)[C@H]1O. The Balaban J connectivity index is 1.73. The number of piperidine rings is 1. The molecule has 3 fully saturated rings. The number of ether oxygens (including phenoxy) is 2. The number of nitrogens with one attached hydrogen (secondary N) is 1. The minimum absolute atomic E-state index is 0.227. The quantitative estimate of drug-likeness (QED) is 0.250. The molecule has 0 aromatic carbocycles. The van der Waals surface area contributed by atoms with Gasteiger partial charge in [0.15, 0.2) is 6.29 Å². The van der Waals surface area contributed by atoms with Crippen LogP contribution in [0.4, 0.5) is 0 Å². The van der Waals surface area contributed by atoms with Crippen LogP contribution in [0.1, 0.15) is 12.8 Å². The third-order valence-corrected chi connectivity index (χ3v) is 4.96. The van der Waals surface area contributed by atoms with Crippen LogP contribution in [0, 0.1) is 0 Å². The molecular formula is C13H23NO9. The first-order chi connectivity index (χ1) is 10.8. The summed E-state index contributed by atoms with van der Waals surface area (Å²) in [6.45, 7) is -0.595. The van der Waals surface area contributed by atoms with E-state index < -0.39 is 67.4 Å². The average molecular weight is 337 g/mol. The Bertz CT molecular complexity index is 438. The molecule has 8 N–H and O–H groups in total. The van der Waals surface area contributed by atoms with Crippen LogP contribution in [-0.2, 0) is 9.47 Å². The highest BCUT2D eigenvalue weighted by atomic mass is 16.7. The minimum atomic E-state index is -1.60. The first-order valence-corrected chi connectivity index (χ1v) is 7.60. The Morgan fingerprint density at radius 2 is 1.74 bits per heavy atom. The Labute approximate surface area is 131 Å². The molecule has 134 valence electrons. The van der Waals surface area contributed by atoms with Crippen molar-refractivity contribution in [2.45, 2.75) is 73.6 Å². The van der Waals surface area contributed by atoms with Crippen LogP contribution in [0.5, 0.6) is 0 Å². The molecule has 23 heavy (non-hydrogen) atoms. The van der Waals surface area contributed by atoms with Gasteiger partial charge in [-0.1, -0.05) is 0 Å². The molecule has 0 aromatic rings. The summed E-state index contributed by atoms with van der Waals surface area (Å²) in [5.41, 5.74) is -1.58. The van der Waals surface area contributed by atoms with E-state index >= 15 is 0 Å². The third kappa shape index (κ3) is 2.78. The summed E-state index contributed by atoms with van der Waals surface area (Å²) in [6.07, 6.45) is -10.5. The van der Waals surface area contributed by atoms with E-state index in [0.717, 1.165) is 0 Å². The van der Waals surface area contributed by atoms with E-state index in [9.17, 15) is 30.6 Å². The van der Waals surface area contributed by atoms with Gasteiger partial charge in [-0.25, -0.2) is 0 Å². The average Bonchev–Trinajstić information content (AvgIpc) is 2.90. The Morgan fingerprint density at radius 3 is 2.39 bits per heavy atom. The van der Waals surface area contributed by atoms with Gasteiger partial charge in [0.1, 0.15) is 48.5 Å². The number of hydrogen-bond acceptors (Lipinski definition) is 10. The second-order valence-electron chi connectivity index (χ2n) is 6.45. The zero-order valence-electron chi connectivity index (χ0n) is 12.3. The first kappa shape index (κ1) is 17.4. The van der Waals surface area contributed by atoms with Crippen LogP contribution in [0.25, 0.3) is 0 Å². The van der Waals surface area contributed by atoms with Gasteiger partial charge in [-0.3, -0.25) is 5.32 Å². The van der Waals surface area contributed by atoms with E-state index in [-0.39, 0.29) is 6.42 Å². The number of aliphatic hydroxyl groups is 7. The normalized spacial score (nSPS) is 56.7. The molecule has 3 aliphatic rings. The van der Waals surface area contributed by atoms with Crippen molar-refractivity contribution in [2.75, 3.05) is 6.61 Å². The van der Waals surface area contributed by atoms with Crippen molar-refractivity contribution < 1.29 is 45.2 Å². The second-order valence-corrected chi connectivity index (χ2v) is 6.45. The van der Waals surface area contributed by atoms with Gasteiger partial charge in [-0.15, -0.1) is 0 Å². The van der Waals surface area contributed by atoms with Gasteiger partial charge >= 0.3 is 0 Å². The number of hydrogen-bond donors (Lipinski definition) is 8. The maximum atomic E-state index is 10.2. The molecule has 0 amide bonds. The molecule has 0 aromatic heterocycles. The molecule has 0 saturated carbocycles. The molecular weight excluding hydrogens is 314 g/mol. The smallest absolute Gasteiger partial charge is 0.187 e. The molecule has 0 unspecified atom stereocenters. The van der Waals surface area contributed by atoms with Gasteiger partial charge in [0, 0.05) is 6.04 Å². The zero-order valence-corrected chi connectivity index (χ0v) is 12.3. The van der Waals surface area contributed by atoms with Gasteiger partial charge in [-0.05, 0) is 12.8 Å². The van der Waals surface area contributed by atoms with Crippen molar-refractivity contribution in [3.63, 3.8) is 0 Å². The van der Waals surface area contributed by atoms with E-state index in [2.05, 4.69) is 5.32 Å². The zero-order chi connectivity index (χ0) is 16.9. The summed E-state index contributed by atoms with van der Waals surface area (Å²) in [6, 6.07) is -0.481. The maximum absolute atomic E-state index is 10.2. The van der Waals surface area contributed by atoms with Crippen LogP contribution in [0.2, 0.25) is 0 Å². The molecule has 3 aliphatic heterocycles. The van der Waals surface area contributed by atoms with E-state index in [4.69, 9.17) is 14.6 Å². The lowest BCUT2D eigenvalue weighted by atomic mass is 9.93. The third-order valence-electron chi connectivity index (χ3n) is 4.96. The summed E-state index contributed by atoms with van der Waals surface area (Å²) in [7, 11) is 0. The summed E-state index contributed by atoms with van der Waals surface area (Å²) in [4.78, 5) is 0. The highest BCUT2D eigenvalue weighted by molar-refractivity contribution is 5.08. The van der Waals surface area contributed by atoms with Gasteiger partial charge in [0.2, 0.25) is 0 Å². The molecule has 3 rings (SSSR count). The van der Waals surface area contributed by atoms with Gasteiger partial charge in [-0.2, -0.15) is 0 Å². The fourth-order valence-electron chi connectivity index (χ4n) is 3.53. The molecule has 10 heteroatoms. The molecule has 10 nitrogen and oxygen atoms in total. The van der Waals surface area contributed by atoms with Crippen molar-refractivity contribution in [3.05, 3.63) is 0 Å². The predicted molar refractivity (Wildman–Crippen MR) is 71.8 cm³/mol. The van der Waals surface area contributed by atoms with Crippen LogP contribution in [-0.4, -0.2) is 103 Å². The lowest BCUT2D eigenvalue weighted by Crippen LogP contribution is -2.69. The van der Waals surface area contributed by atoms with Gasteiger partial charge < -0.3 is 45.2 Å². The minimum Gasteiger partial charge on any atom is -0.394 e. The topological polar surface area (TPSA) is 172 Å². The first-order valence-electron chi connectivity index (χ1n) is 7.60. The lowest BCUT2D eigenvalue weighted by molar-refractivity contribution is -0.327. The molecule has 2 bridgehead atoms. The second kappa shape index (κ2) is 6.15. The van der Waals surface area contributed by atoms with Crippen LogP contribution >= 0.6 is 0 Å². The Kier molecular flexibility index (Phi) is 4.66. The van der Waals surface area contributed by atoms with E-state index in [0.29, 0.717) is 6.42 Å². The lowest BCUT2D eigenvalue weighted by Gasteiger charge is -2.46. The van der Waals surface area contributed by atoms with Crippen LogP contribution in [0.15, 0.2) is 0 Å².